The summed E-state index contributed by atoms with van der Waals surface area (Å²) in [5, 5.41) is 8.20. The van der Waals surface area contributed by atoms with Gasteiger partial charge in [0.05, 0.1) is 11.6 Å². The highest BCUT2D eigenvalue weighted by Crippen LogP contribution is 2.37. The van der Waals surface area contributed by atoms with Gasteiger partial charge in [-0.3, -0.25) is 0 Å². The van der Waals surface area contributed by atoms with E-state index in [1.165, 1.54) is 12.8 Å². The molecule has 2 aromatic carbocycles. The lowest BCUT2D eigenvalue weighted by Gasteiger charge is -2.23. The molecule has 0 radical (unpaired) electrons. The molecule has 6 heteroatoms. The quantitative estimate of drug-likeness (QED) is 0.592. The second kappa shape index (κ2) is 10.9. The minimum absolute atomic E-state index is 0.383. The molecular weight excluding hydrogens is 395 g/mol. The van der Waals surface area contributed by atoms with Crippen LogP contribution in [0.25, 0.3) is 0 Å². The molecule has 152 valence electrons. The standard InChI is InChI=1S/C22H28Cl2N2O2/c1-2-27-21-12-18(14-26-13-16-6-8-25-9-7-16)11-20(24)22(21)28-15-17-4-3-5-19(23)10-17/h3-5,10-12,16,25-26H,2,6-9,13-15H2,1H3. The first kappa shape index (κ1) is 21.3. The van der Waals surface area contributed by atoms with Gasteiger partial charge in [0.1, 0.15) is 6.61 Å². The maximum absolute atomic E-state index is 6.53. The second-order valence-electron chi connectivity index (χ2n) is 7.08. The van der Waals surface area contributed by atoms with Crippen molar-refractivity contribution in [1.29, 1.82) is 0 Å². The Labute approximate surface area is 177 Å². The zero-order chi connectivity index (χ0) is 19.8. The molecule has 1 saturated heterocycles. The van der Waals surface area contributed by atoms with E-state index in [1.54, 1.807) is 0 Å². The lowest BCUT2D eigenvalue weighted by atomic mass is 9.98. The molecule has 0 aliphatic carbocycles. The summed E-state index contributed by atoms with van der Waals surface area (Å²) in [6.45, 7) is 6.91. The number of hydrogen-bond donors (Lipinski definition) is 2. The van der Waals surface area contributed by atoms with Crippen LogP contribution in [0.15, 0.2) is 36.4 Å². The van der Waals surface area contributed by atoms with Crippen molar-refractivity contribution in [1.82, 2.24) is 10.6 Å². The topological polar surface area (TPSA) is 42.5 Å². The average molecular weight is 423 g/mol. The Morgan fingerprint density at radius 1 is 1.07 bits per heavy atom. The number of rotatable bonds is 9. The molecule has 0 spiro atoms. The van der Waals surface area contributed by atoms with Gasteiger partial charge in [-0.15, -0.1) is 0 Å². The van der Waals surface area contributed by atoms with Crippen molar-refractivity contribution in [2.45, 2.75) is 32.9 Å². The fourth-order valence-corrected chi connectivity index (χ4v) is 3.92. The third-order valence-corrected chi connectivity index (χ3v) is 5.38. The van der Waals surface area contributed by atoms with Gasteiger partial charge in [0, 0.05) is 11.6 Å². The predicted octanol–water partition coefficient (Wildman–Crippen LogP) is 5.06. The van der Waals surface area contributed by atoms with E-state index >= 15 is 0 Å². The summed E-state index contributed by atoms with van der Waals surface area (Å²) in [5.74, 6) is 1.99. The van der Waals surface area contributed by atoms with Gasteiger partial charge in [0.2, 0.25) is 0 Å². The van der Waals surface area contributed by atoms with Crippen molar-refractivity contribution in [2.24, 2.45) is 5.92 Å². The smallest absolute Gasteiger partial charge is 0.180 e. The van der Waals surface area contributed by atoms with Crippen LogP contribution in [0.2, 0.25) is 10.0 Å². The minimum atomic E-state index is 0.383. The van der Waals surface area contributed by atoms with Crippen LogP contribution in [0.3, 0.4) is 0 Å². The Kier molecular flexibility index (Phi) is 8.28. The lowest BCUT2D eigenvalue weighted by Crippen LogP contribution is -2.33. The van der Waals surface area contributed by atoms with Crippen molar-refractivity contribution < 1.29 is 9.47 Å². The Bertz CT molecular complexity index is 764. The largest absolute Gasteiger partial charge is 0.490 e. The van der Waals surface area contributed by atoms with Crippen molar-refractivity contribution >= 4 is 23.2 Å². The maximum Gasteiger partial charge on any atom is 0.180 e. The SMILES string of the molecule is CCOc1cc(CNCC2CCNCC2)cc(Cl)c1OCc1cccc(Cl)c1. The summed E-state index contributed by atoms with van der Waals surface area (Å²) in [7, 11) is 0. The van der Waals surface area contributed by atoms with E-state index in [9.17, 15) is 0 Å². The van der Waals surface area contributed by atoms with E-state index < -0.39 is 0 Å². The number of benzene rings is 2. The minimum Gasteiger partial charge on any atom is -0.490 e. The number of ether oxygens (including phenoxy) is 2. The van der Waals surface area contributed by atoms with Gasteiger partial charge >= 0.3 is 0 Å². The summed E-state index contributed by atoms with van der Waals surface area (Å²) in [5.41, 5.74) is 2.08. The maximum atomic E-state index is 6.53. The van der Waals surface area contributed by atoms with Gasteiger partial charge in [0.15, 0.2) is 11.5 Å². The number of halogens is 2. The zero-order valence-corrected chi connectivity index (χ0v) is 17.8. The van der Waals surface area contributed by atoms with E-state index in [2.05, 4.69) is 10.6 Å². The first-order chi connectivity index (χ1) is 13.7. The van der Waals surface area contributed by atoms with Gasteiger partial charge in [-0.1, -0.05) is 35.3 Å². The van der Waals surface area contributed by atoms with Gasteiger partial charge in [-0.05, 0) is 80.7 Å². The van der Waals surface area contributed by atoms with Crippen molar-refractivity contribution in [3.63, 3.8) is 0 Å². The molecule has 28 heavy (non-hydrogen) atoms. The summed E-state index contributed by atoms with van der Waals surface area (Å²) in [6, 6.07) is 11.6. The molecule has 0 unspecified atom stereocenters. The highest BCUT2D eigenvalue weighted by atomic mass is 35.5. The van der Waals surface area contributed by atoms with E-state index in [4.69, 9.17) is 32.7 Å². The normalized spacial score (nSPS) is 14.8. The average Bonchev–Trinajstić information content (AvgIpc) is 2.68. The molecule has 1 heterocycles. The summed E-state index contributed by atoms with van der Waals surface area (Å²) in [4.78, 5) is 0. The molecule has 0 atom stereocenters. The fourth-order valence-electron chi connectivity index (χ4n) is 3.42. The third kappa shape index (κ3) is 6.28. The molecule has 1 aliphatic rings. The molecule has 2 aromatic rings. The number of piperidine rings is 1. The molecule has 2 N–H and O–H groups in total. The zero-order valence-electron chi connectivity index (χ0n) is 16.3. The highest BCUT2D eigenvalue weighted by Gasteiger charge is 2.15. The van der Waals surface area contributed by atoms with E-state index in [1.807, 2.05) is 43.3 Å². The van der Waals surface area contributed by atoms with Crippen molar-refractivity contribution in [3.8, 4) is 11.5 Å². The van der Waals surface area contributed by atoms with Gasteiger partial charge in [0.25, 0.3) is 0 Å². The first-order valence-corrected chi connectivity index (χ1v) is 10.6. The molecule has 4 nitrogen and oxygen atoms in total. The van der Waals surface area contributed by atoms with Crippen LogP contribution in [0.5, 0.6) is 11.5 Å². The Balaban J connectivity index is 1.63. The second-order valence-corrected chi connectivity index (χ2v) is 7.92. The van der Waals surface area contributed by atoms with E-state index in [0.717, 1.165) is 43.2 Å². The molecule has 0 bridgehead atoms. The summed E-state index contributed by atoms with van der Waals surface area (Å²) < 4.78 is 11.8. The Morgan fingerprint density at radius 3 is 2.64 bits per heavy atom. The van der Waals surface area contributed by atoms with Crippen LogP contribution in [0.4, 0.5) is 0 Å². The number of hydrogen-bond acceptors (Lipinski definition) is 4. The summed E-state index contributed by atoms with van der Waals surface area (Å²) >= 11 is 12.6. The fraction of sp³-hybridized carbons (Fsp3) is 0.455. The van der Waals surface area contributed by atoms with Crippen molar-refractivity contribution in [3.05, 3.63) is 57.6 Å². The molecule has 1 aliphatic heterocycles. The van der Waals surface area contributed by atoms with Crippen LogP contribution < -0.4 is 20.1 Å². The van der Waals surface area contributed by atoms with Crippen LogP contribution in [-0.2, 0) is 13.2 Å². The van der Waals surface area contributed by atoms with Crippen LogP contribution in [0.1, 0.15) is 30.9 Å². The molecule has 3 rings (SSSR count). The highest BCUT2D eigenvalue weighted by molar-refractivity contribution is 6.32. The van der Waals surface area contributed by atoms with Crippen LogP contribution in [0, 0.1) is 5.92 Å². The molecule has 0 amide bonds. The van der Waals surface area contributed by atoms with Gasteiger partial charge in [-0.25, -0.2) is 0 Å². The molecule has 0 aromatic heterocycles. The van der Waals surface area contributed by atoms with Gasteiger partial charge in [-0.2, -0.15) is 0 Å². The predicted molar refractivity (Wildman–Crippen MR) is 116 cm³/mol. The van der Waals surface area contributed by atoms with E-state index in [-0.39, 0.29) is 0 Å². The molecule has 1 fully saturated rings. The van der Waals surface area contributed by atoms with Crippen LogP contribution in [-0.4, -0.2) is 26.2 Å². The molecular formula is C22H28Cl2N2O2. The third-order valence-electron chi connectivity index (χ3n) is 4.86. The monoisotopic (exact) mass is 422 g/mol. The van der Waals surface area contributed by atoms with Crippen molar-refractivity contribution in [2.75, 3.05) is 26.2 Å². The Morgan fingerprint density at radius 2 is 1.89 bits per heavy atom. The van der Waals surface area contributed by atoms with Crippen LogP contribution >= 0.6 is 23.2 Å². The molecule has 0 saturated carbocycles. The first-order valence-electron chi connectivity index (χ1n) is 9.89. The summed E-state index contributed by atoms with van der Waals surface area (Å²) in [6.07, 6.45) is 2.46. The Hall–Kier alpha value is -1.46. The van der Waals surface area contributed by atoms with Gasteiger partial charge < -0.3 is 20.1 Å². The van der Waals surface area contributed by atoms with E-state index in [0.29, 0.717) is 34.8 Å². The lowest BCUT2D eigenvalue weighted by molar-refractivity contribution is 0.269. The number of nitrogens with one attached hydrogen (secondary N) is 2.